The Kier molecular flexibility index (Phi) is 4.66. The Morgan fingerprint density at radius 1 is 0.625 bits per heavy atom. The van der Waals surface area contributed by atoms with Crippen LogP contribution in [0.2, 0.25) is 0 Å². The maximum absolute atomic E-state index is 3.57. The van der Waals surface area contributed by atoms with E-state index in [1.165, 1.54) is 51.4 Å². The zero-order valence-corrected chi connectivity index (χ0v) is 11.0. The number of hydrogen-bond donors (Lipinski definition) is 2. The second-order valence-corrected chi connectivity index (χ2v) is 5.69. The van der Waals surface area contributed by atoms with Crippen LogP contribution in [0.5, 0.6) is 0 Å². The third-order valence-electron chi connectivity index (χ3n) is 4.93. The summed E-state index contributed by atoms with van der Waals surface area (Å²) in [6, 6.07) is 1.57. The van der Waals surface area contributed by atoms with Crippen molar-refractivity contribution < 1.29 is 0 Å². The number of nitrogens with one attached hydrogen (secondary N) is 2. The van der Waals surface area contributed by atoms with Crippen molar-refractivity contribution in [1.29, 1.82) is 0 Å². The monoisotopic (exact) mass is 224 g/mol. The molecule has 0 spiro atoms. The van der Waals surface area contributed by atoms with Gasteiger partial charge in [-0.2, -0.15) is 0 Å². The smallest absolute Gasteiger partial charge is 0.00955 e. The summed E-state index contributed by atoms with van der Waals surface area (Å²) in [5.41, 5.74) is 0. The molecule has 2 fully saturated rings. The molecule has 2 rings (SSSR count). The fraction of sp³-hybridized carbons (Fsp3) is 1.00. The summed E-state index contributed by atoms with van der Waals surface area (Å²) in [7, 11) is 4.31. The standard InChI is InChI=1S/C14H28N2/c1-15-13-9-5-3-7-11(13)12-8-4-6-10-14(12)16-2/h11-16H,3-10H2,1-2H3. The maximum atomic E-state index is 3.57. The molecule has 2 aliphatic carbocycles. The van der Waals surface area contributed by atoms with E-state index in [1.807, 2.05) is 0 Å². The SMILES string of the molecule is CNC1CCCCC1C1CCCCC1NC. The summed E-state index contributed by atoms with van der Waals surface area (Å²) in [6.45, 7) is 0. The van der Waals surface area contributed by atoms with Crippen molar-refractivity contribution in [1.82, 2.24) is 10.6 Å². The van der Waals surface area contributed by atoms with Gasteiger partial charge in [0.1, 0.15) is 0 Å². The lowest BCUT2D eigenvalue weighted by atomic mass is 9.69. The molecule has 0 aromatic rings. The Labute approximate surface area is 101 Å². The van der Waals surface area contributed by atoms with E-state index in [2.05, 4.69) is 24.7 Å². The van der Waals surface area contributed by atoms with Gasteiger partial charge in [-0.05, 0) is 51.6 Å². The highest BCUT2D eigenvalue weighted by Crippen LogP contribution is 2.38. The van der Waals surface area contributed by atoms with E-state index in [0.29, 0.717) is 0 Å². The van der Waals surface area contributed by atoms with Crippen LogP contribution in [0.25, 0.3) is 0 Å². The van der Waals surface area contributed by atoms with E-state index < -0.39 is 0 Å². The molecule has 0 aliphatic heterocycles. The van der Waals surface area contributed by atoms with Crippen molar-refractivity contribution in [3.05, 3.63) is 0 Å². The zero-order valence-electron chi connectivity index (χ0n) is 11.0. The topological polar surface area (TPSA) is 24.1 Å². The average molecular weight is 224 g/mol. The molecule has 0 bridgehead atoms. The van der Waals surface area contributed by atoms with Crippen LogP contribution < -0.4 is 10.6 Å². The van der Waals surface area contributed by atoms with Gasteiger partial charge >= 0.3 is 0 Å². The van der Waals surface area contributed by atoms with E-state index in [-0.39, 0.29) is 0 Å². The Hall–Kier alpha value is -0.0800. The number of hydrogen-bond acceptors (Lipinski definition) is 2. The minimum atomic E-state index is 0.785. The molecule has 0 amide bonds. The second kappa shape index (κ2) is 6.02. The summed E-state index contributed by atoms with van der Waals surface area (Å²) in [5.74, 6) is 1.85. The van der Waals surface area contributed by atoms with Gasteiger partial charge in [0.25, 0.3) is 0 Å². The Bertz CT molecular complexity index is 183. The number of rotatable bonds is 3. The molecule has 2 saturated carbocycles. The van der Waals surface area contributed by atoms with Gasteiger partial charge in [0.05, 0.1) is 0 Å². The van der Waals surface area contributed by atoms with Gasteiger partial charge in [0, 0.05) is 12.1 Å². The molecule has 0 radical (unpaired) electrons. The molecular formula is C14H28N2. The van der Waals surface area contributed by atoms with Crippen molar-refractivity contribution >= 4 is 0 Å². The Balaban J connectivity index is 2.01. The van der Waals surface area contributed by atoms with Gasteiger partial charge in [0.15, 0.2) is 0 Å². The predicted molar refractivity (Wildman–Crippen MR) is 69.6 cm³/mol. The third kappa shape index (κ3) is 2.60. The van der Waals surface area contributed by atoms with Crippen LogP contribution in [0.3, 0.4) is 0 Å². The predicted octanol–water partition coefficient (Wildman–Crippen LogP) is 2.54. The highest BCUT2D eigenvalue weighted by Gasteiger charge is 2.36. The van der Waals surface area contributed by atoms with Crippen LogP contribution in [-0.4, -0.2) is 26.2 Å². The molecule has 2 N–H and O–H groups in total. The molecule has 0 saturated heterocycles. The van der Waals surface area contributed by atoms with Crippen molar-refractivity contribution in [2.24, 2.45) is 11.8 Å². The van der Waals surface area contributed by atoms with Crippen LogP contribution in [0, 0.1) is 11.8 Å². The molecule has 2 heteroatoms. The van der Waals surface area contributed by atoms with Gasteiger partial charge in [-0.15, -0.1) is 0 Å². The third-order valence-corrected chi connectivity index (χ3v) is 4.93. The van der Waals surface area contributed by atoms with Crippen LogP contribution >= 0.6 is 0 Å². The van der Waals surface area contributed by atoms with Gasteiger partial charge in [-0.3, -0.25) is 0 Å². The molecule has 4 atom stereocenters. The Morgan fingerprint density at radius 2 is 1.00 bits per heavy atom. The molecule has 0 heterocycles. The maximum Gasteiger partial charge on any atom is 0.00955 e. The molecular weight excluding hydrogens is 196 g/mol. The first-order valence-corrected chi connectivity index (χ1v) is 7.21. The first-order chi connectivity index (χ1) is 7.86. The van der Waals surface area contributed by atoms with Crippen molar-refractivity contribution in [2.75, 3.05) is 14.1 Å². The molecule has 94 valence electrons. The first-order valence-electron chi connectivity index (χ1n) is 7.21. The lowest BCUT2D eigenvalue weighted by molar-refractivity contribution is 0.124. The van der Waals surface area contributed by atoms with E-state index >= 15 is 0 Å². The minimum absolute atomic E-state index is 0.785. The molecule has 2 aliphatic rings. The fourth-order valence-electron chi connectivity index (χ4n) is 4.06. The molecule has 0 aromatic heterocycles. The Morgan fingerprint density at radius 3 is 1.38 bits per heavy atom. The van der Waals surface area contributed by atoms with Gasteiger partial charge in [-0.1, -0.05) is 25.7 Å². The van der Waals surface area contributed by atoms with Gasteiger partial charge in [-0.25, -0.2) is 0 Å². The van der Waals surface area contributed by atoms with Crippen LogP contribution in [0.1, 0.15) is 51.4 Å². The normalized spacial score (nSPS) is 40.9. The second-order valence-electron chi connectivity index (χ2n) is 5.69. The summed E-state index contributed by atoms with van der Waals surface area (Å²) >= 11 is 0. The van der Waals surface area contributed by atoms with E-state index in [4.69, 9.17) is 0 Å². The summed E-state index contributed by atoms with van der Waals surface area (Å²) in [6.07, 6.45) is 11.5. The van der Waals surface area contributed by atoms with Crippen LogP contribution in [0.4, 0.5) is 0 Å². The highest BCUT2D eigenvalue weighted by molar-refractivity contribution is 4.91. The fourth-order valence-corrected chi connectivity index (χ4v) is 4.06. The largest absolute Gasteiger partial charge is 0.317 e. The zero-order chi connectivity index (χ0) is 11.4. The van der Waals surface area contributed by atoms with Gasteiger partial charge < -0.3 is 10.6 Å². The minimum Gasteiger partial charge on any atom is -0.317 e. The van der Waals surface area contributed by atoms with Crippen LogP contribution in [-0.2, 0) is 0 Å². The first kappa shape index (κ1) is 12.4. The lowest BCUT2D eigenvalue weighted by Crippen LogP contribution is -2.48. The summed E-state index contributed by atoms with van der Waals surface area (Å²) in [4.78, 5) is 0. The molecule has 16 heavy (non-hydrogen) atoms. The molecule has 4 unspecified atom stereocenters. The quantitative estimate of drug-likeness (QED) is 0.770. The summed E-state index contributed by atoms with van der Waals surface area (Å²) in [5, 5.41) is 7.14. The van der Waals surface area contributed by atoms with E-state index in [1.54, 1.807) is 0 Å². The lowest BCUT2D eigenvalue weighted by Gasteiger charge is -2.43. The summed E-state index contributed by atoms with van der Waals surface area (Å²) < 4.78 is 0. The van der Waals surface area contributed by atoms with Crippen molar-refractivity contribution in [3.63, 3.8) is 0 Å². The molecule has 0 aromatic carbocycles. The van der Waals surface area contributed by atoms with Gasteiger partial charge in [0.2, 0.25) is 0 Å². The average Bonchev–Trinajstić information content (AvgIpc) is 2.38. The van der Waals surface area contributed by atoms with E-state index in [0.717, 1.165) is 23.9 Å². The van der Waals surface area contributed by atoms with Crippen molar-refractivity contribution in [2.45, 2.75) is 63.5 Å². The van der Waals surface area contributed by atoms with Crippen LogP contribution in [0.15, 0.2) is 0 Å². The highest BCUT2D eigenvalue weighted by atomic mass is 14.9. The van der Waals surface area contributed by atoms with Crippen molar-refractivity contribution in [3.8, 4) is 0 Å². The van der Waals surface area contributed by atoms with E-state index in [9.17, 15) is 0 Å². The molecule has 2 nitrogen and oxygen atoms in total.